The SMILES string of the molecule is O=C(NC1CCc2cn[nH]c2C1)c1ccc(-c2nc(N3CCOCC3)n[nH]2)cc1. The number of ether oxygens (including phenoxy) is 1. The molecule has 2 aliphatic rings. The molecule has 1 unspecified atom stereocenters. The molecule has 3 aromatic rings. The third kappa shape index (κ3) is 3.73. The number of nitrogens with zero attached hydrogens (tertiary/aromatic N) is 4. The predicted molar refractivity (Wildman–Crippen MR) is 107 cm³/mol. The number of benzene rings is 1. The minimum atomic E-state index is -0.0592. The highest BCUT2D eigenvalue weighted by atomic mass is 16.5. The number of anilines is 1. The van der Waals surface area contributed by atoms with Gasteiger partial charge in [0.05, 0.1) is 19.4 Å². The van der Waals surface area contributed by atoms with Crippen molar-refractivity contribution in [2.75, 3.05) is 31.2 Å². The van der Waals surface area contributed by atoms with Crippen LogP contribution >= 0.6 is 0 Å². The van der Waals surface area contributed by atoms with Gasteiger partial charge in [0.1, 0.15) is 0 Å². The number of H-pyrrole nitrogens is 2. The van der Waals surface area contributed by atoms with Gasteiger partial charge in [0.2, 0.25) is 5.95 Å². The predicted octanol–water partition coefficient (Wildman–Crippen LogP) is 1.32. The zero-order chi connectivity index (χ0) is 19.6. The second kappa shape index (κ2) is 7.67. The maximum atomic E-state index is 12.6. The number of hydrogen-bond acceptors (Lipinski definition) is 6. The summed E-state index contributed by atoms with van der Waals surface area (Å²) in [5, 5.41) is 17.5. The number of morpholine rings is 1. The van der Waals surface area contributed by atoms with Gasteiger partial charge in [0, 0.05) is 42.4 Å². The largest absolute Gasteiger partial charge is 0.378 e. The average Bonchev–Trinajstić information content (AvgIpc) is 3.44. The molecule has 0 saturated carbocycles. The average molecular weight is 393 g/mol. The first-order valence-electron chi connectivity index (χ1n) is 9.94. The summed E-state index contributed by atoms with van der Waals surface area (Å²) in [4.78, 5) is 19.3. The molecule has 2 aromatic heterocycles. The minimum absolute atomic E-state index is 0.0592. The third-order valence-corrected chi connectivity index (χ3v) is 5.54. The van der Waals surface area contributed by atoms with Crippen molar-refractivity contribution in [1.82, 2.24) is 30.7 Å². The molecule has 29 heavy (non-hydrogen) atoms. The van der Waals surface area contributed by atoms with Gasteiger partial charge in [-0.05, 0) is 30.5 Å². The Morgan fingerprint density at radius 2 is 2.00 bits per heavy atom. The number of hydrogen-bond donors (Lipinski definition) is 3. The summed E-state index contributed by atoms with van der Waals surface area (Å²) in [5.41, 5.74) is 3.91. The van der Waals surface area contributed by atoms with E-state index in [4.69, 9.17) is 4.74 Å². The van der Waals surface area contributed by atoms with Crippen molar-refractivity contribution in [3.63, 3.8) is 0 Å². The maximum absolute atomic E-state index is 12.6. The Balaban J connectivity index is 1.23. The number of aromatic amines is 2. The highest BCUT2D eigenvalue weighted by Gasteiger charge is 2.22. The van der Waals surface area contributed by atoms with E-state index in [1.807, 2.05) is 30.5 Å². The summed E-state index contributed by atoms with van der Waals surface area (Å²) in [5.74, 6) is 1.31. The quantitative estimate of drug-likeness (QED) is 0.616. The molecular weight excluding hydrogens is 370 g/mol. The molecule has 3 N–H and O–H groups in total. The zero-order valence-corrected chi connectivity index (χ0v) is 16.0. The van der Waals surface area contributed by atoms with Crippen LogP contribution in [0.15, 0.2) is 30.5 Å². The molecule has 0 spiro atoms. The van der Waals surface area contributed by atoms with Gasteiger partial charge in [-0.2, -0.15) is 10.1 Å². The second-order valence-electron chi connectivity index (χ2n) is 7.45. The summed E-state index contributed by atoms with van der Waals surface area (Å²) in [6, 6.07) is 7.57. The van der Waals surface area contributed by atoms with E-state index in [1.165, 1.54) is 5.56 Å². The van der Waals surface area contributed by atoms with Crippen LogP contribution in [0, 0.1) is 0 Å². The van der Waals surface area contributed by atoms with Gasteiger partial charge in [-0.25, -0.2) is 0 Å². The number of rotatable bonds is 4. The Kier molecular flexibility index (Phi) is 4.73. The molecule has 0 radical (unpaired) electrons. The molecule has 150 valence electrons. The van der Waals surface area contributed by atoms with Crippen molar-refractivity contribution in [3.8, 4) is 11.4 Å². The van der Waals surface area contributed by atoms with Crippen molar-refractivity contribution >= 4 is 11.9 Å². The van der Waals surface area contributed by atoms with E-state index in [0.29, 0.717) is 30.5 Å². The van der Waals surface area contributed by atoms with E-state index in [-0.39, 0.29) is 11.9 Å². The molecule has 1 atom stereocenters. The number of carbonyl (C=O) groups is 1. The van der Waals surface area contributed by atoms with Gasteiger partial charge >= 0.3 is 0 Å². The van der Waals surface area contributed by atoms with Crippen LogP contribution in [0.5, 0.6) is 0 Å². The van der Waals surface area contributed by atoms with Crippen LogP contribution in [0.1, 0.15) is 28.0 Å². The third-order valence-electron chi connectivity index (χ3n) is 5.54. The second-order valence-corrected chi connectivity index (χ2v) is 7.45. The first kappa shape index (κ1) is 17.9. The number of carbonyl (C=O) groups excluding carboxylic acids is 1. The lowest BCUT2D eigenvalue weighted by Gasteiger charge is -2.25. The lowest BCUT2D eigenvalue weighted by atomic mass is 9.93. The van der Waals surface area contributed by atoms with E-state index in [2.05, 4.69) is 35.6 Å². The van der Waals surface area contributed by atoms with Gasteiger partial charge in [0.25, 0.3) is 5.91 Å². The fraction of sp³-hybridized carbons (Fsp3) is 0.400. The van der Waals surface area contributed by atoms with E-state index in [9.17, 15) is 4.79 Å². The first-order chi connectivity index (χ1) is 14.3. The van der Waals surface area contributed by atoms with Crippen LogP contribution in [0.3, 0.4) is 0 Å². The lowest BCUT2D eigenvalue weighted by Crippen LogP contribution is -2.38. The number of aryl methyl sites for hydroxylation is 1. The molecule has 1 aliphatic carbocycles. The van der Waals surface area contributed by atoms with Crippen LogP contribution in [0.25, 0.3) is 11.4 Å². The number of aromatic nitrogens is 5. The van der Waals surface area contributed by atoms with Gasteiger partial charge in [0.15, 0.2) is 5.82 Å². The number of nitrogens with one attached hydrogen (secondary N) is 3. The van der Waals surface area contributed by atoms with E-state index < -0.39 is 0 Å². The highest BCUT2D eigenvalue weighted by Crippen LogP contribution is 2.21. The fourth-order valence-electron chi connectivity index (χ4n) is 3.87. The van der Waals surface area contributed by atoms with Crippen LogP contribution < -0.4 is 10.2 Å². The van der Waals surface area contributed by atoms with Crippen LogP contribution in [-0.2, 0) is 17.6 Å². The van der Waals surface area contributed by atoms with Gasteiger partial charge in [-0.15, -0.1) is 5.10 Å². The van der Waals surface area contributed by atoms with Crippen molar-refractivity contribution < 1.29 is 9.53 Å². The fourth-order valence-corrected chi connectivity index (χ4v) is 3.87. The summed E-state index contributed by atoms with van der Waals surface area (Å²) in [7, 11) is 0. The van der Waals surface area contributed by atoms with Crippen LogP contribution in [-0.4, -0.2) is 63.6 Å². The van der Waals surface area contributed by atoms with E-state index in [1.54, 1.807) is 0 Å². The molecule has 1 aromatic carbocycles. The lowest BCUT2D eigenvalue weighted by molar-refractivity contribution is 0.0933. The monoisotopic (exact) mass is 393 g/mol. The first-order valence-corrected chi connectivity index (χ1v) is 9.94. The Bertz CT molecular complexity index is 988. The normalized spacial score (nSPS) is 19.0. The van der Waals surface area contributed by atoms with Crippen LogP contribution in [0.2, 0.25) is 0 Å². The van der Waals surface area contributed by atoms with Gasteiger partial charge < -0.3 is 15.0 Å². The van der Waals surface area contributed by atoms with Crippen molar-refractivity contribution in [3.05, 3.63) is 47.3 Å². The molecule has 1 fully saturated rings. The summed E-state index contributed by atoms with van der Waals surface area (Å²) in [6.45, 7) is 2.96. The molecular formula is C20H23N7O2. The van der Waals surface area contributed by atoms with E-state index in [0.717, 1.165) is 43.6 Å². The zero-order valence-electron chi connectivity index (χ0n) is 16.0. The summed E-state index contributed by atoms with van der Waals surface area (Å²) >= 11 is 0. The molecule has 1 amide bonds. The summed E-state index contributed by atoms with van der Waals surface area (Å²) in [6.07, 6.45) is 4.53. The van der Waals surface area contributed by atoms with Gasteiger partial charge in [-0.3, -0.25) is 15.0 Å². The smallest absolute Gasteiger partial charge is 0.251 e. The molecule has 9 nitrogen and oxygen atoms in total. The highest BCUT2D eigenvalue weighted by molar-refractivity contribution is 5.94. The van der Waals surface area contributed by atoms with E-state index >= 15 is 0 Å². The van der Waals surface area contributed by atoms with Gasteiger partial charge in [-0.1, -0.05) is 12.1 Å². The Hall–Kier alpha value is -3.20. The standard InChI is InChI=1S/C20H23N7O2/c28-19(22-16-6-5-15-12-21-24-17(15)11-16)14-3-1-13(2-4-14)18-23-20(26-25-18)27-7-9-29-10-8-27/h1-4,12,16H,5-11H2,(H,21,24)(H,22,28)(H,23,25,26). The minimum Gasteiger partial charge on any atom is -0.378 e. The van der Waals surface area contributed by atoms with Crippen molar-refractivity contribution in [2.24, 2.45) is 0 Å². The van der Waals surface area contributed by atoms with Crippen LogP contribution in [0.4, 0.5) is 5.95 Å². The molecule has 5 rings (SSSR count). The molecule has 9 heteroatoms. The topological polar surface area (TPSA) is 112 Å². The number of fused-ring (bicyclic) bond motifs is 1. The maximum Gasteiger partial charge on any atom is 0.251 e. The Morgan fingerprint density at radius 1 is 1.17 bits per heavy atom. The molecule has 1 aliphatic heterocycles. The Morgan fingerprint density at radius 3 is 2.83 bits per heavy atom. The summed E-state index contributed by atoms with van der Waals surface area (Å²) < 4.78 is 5.37. The Labute approximate surface area is 167 Å². The van der Waals surface area contributed by atoms with Crippen molar-refractivity contribution in [1.29, 1.82) is 0 Å². The molecule has 0 bridgehead atoms. The molecule has 3 heterocycles. The number of amides is 1. The molecule has 1 saturated heterocycles. The van der Waals surface area contributed by atoms with Crippen molar-refractivity contribution in [2.45, 2.75) is 25.3 Å².